The smallest absolute Gasteiger partial charge is 0.239 e. The maximum absolute atomic E-state index is 13.9. The lowest BCUT2D eigenvalue weighted by Gasteiger charge is -2.29. The first-order chi connectivity index (χ1) is 13.4. The molecule has 0 saturated carbocycles. The zero-order valence-electron chi connectivity index (χ0n) is 18.2. The maximum Gasteiger partial charge on any atom is 0.239 e. The molecule has 0 fully saturated rings. The molecule has 2 aromatic heterocycles. The second kappa shape index (κ2) is 10.8. The zero-order valence-corrected chi connectivity index (χ0v) is 18.2. The Hall–Kier alpha value is -2.44. The molecule has 0 aromatic carbocycles. The van der Waals surface area contributed by atoms with Crippen LogP contribution in [0.15, 0.2) is 12.1 Å². The number of aromatic amines is 1. The maximum atomic E-state index is 13.9. The van der Waals surface area contributed by atoms with Crippen LogP contribution in [0.3, 0.4) is 0 Å². The van der Waals surface area contributed by atoms with E-state index in [1.54, 1.807) is 13.1 Å². The number of nitrogens with one attached hydrogen (secondary N) is 3. The van der Waals surface area contributed by atoms with E-state index >= 15 is 0 Å². The van der Waals surface area contributed by atoms with Crippen LogP contribution < -0.4 is 10.6 Å². The number of likely N-dealkylation sites (N-methyl/N-ethyl adjacent to an activating group) is 1. The molecule has 1 aliphatic carbocycles. The molecule has 3 N–H and O–H groups in total. The van der Waals surface area contributed by atoms with E-state index in [1.807, 2.05) is 27.7 Å². The molecule has 6 nitrogen and oxygen atoms in total. The number of hydrogen-bond donors (Lipinski definition) is 3. The Morgan fingerprint density at radius 2 is 1.93 bits per heavy atom. The molecule has 0 unspecified atom stereocenters. The quantitative estimate of drug-likeness (QED) is 0.677. The second-order valence-corrected chi connectivity index (χ2v) is 6.96. The first kappa shape index (κ1) is 23.6. The molecular formula is C21H34FN5O. The number of aromatic nitrogens is 3. The van der Waals surface area contributed by atoms with Crippen molar-refractivity contribution in [3.05, 3.63) is 29.3 Å². The molecule has 2 aromatic rings. The fourth-order valence-electron chi connectivity index (χ4n) is 3.07. The molecule has 1 amide bonds. The third-order valence-corrected chi connectivity index (χ3v) is 4.44. The predicted molar refractivity (Wildman–Crippen MR) is 113 cm³/mol. The molecule has 7 heteroatoms. The summed E-state index contributed by atoms with van der Waals surface area (Å²) in [6.45, 7) is 12.5. The van der Waals surface area contributed by atoms with Crippen molar-refractivity contribution in [1.29, 1.82) is 0 Å². The number of nitrogens with zero attached hydrogens (tertiary/aromatic N) is 2. The summed E-state index contributed by atoms with van der Waals surface area (Å²) in [5.41, 5.74) is 3.96. The lowest BCUT2D eigenvalue weighted by molar-refractivity contribution is -0.118. The number of fused-ring (bicyclic) bond motifs is 1. The lowest BCUT2D eigenvalue weighted by Crippen LogP contribution is -2.26. The van der Waals surface area contributed by atoms with Crippen LogP contribution >= 0.6 is 0 Å². The third-order valence-electron chi connectivity index (χ3n) is 4.44. The van der Waals surface area contributed by atoms with E-state index in [-0.39, 0.29) is 17.9 Å². The Kier molecular flexibility index (Phi) is 9.09. The van der Waals surface area contributed by atoms with Crippen molar-refractivity contribution < 1.29 is 9.18 Å². The molecule has 0 atom stereocenters. The van der Waals surface area contributed by atoms with Gasteiger partial charge in [-0.1, -0.05) is 41.5 Å². The van der Waals surface area contributed by atoms with Crippen molar-refractivity contribution in [2.24, 2.45) is 5.41 Å². The Morgan fingerprint density at radius 3 is 2.57 bits per heavy atom. The standard InChI is InChI=1S/C17H22FN5O.2C2H6/c1-17(2)5-4-11-12(8-17)22-23-16(11)10-6-13(18)21-14(7-10)20-9-15(24)19-3;2*1-2/h6-7H,4-5,8-9H2,1-3H3,(H,19,24)(H,20,21)(H,22,23);2*1-2H3. The number of amides is 1. The number of anilines is 1. The second-order valence-electron chi connectivity index (χ2n) is 6.96. The van der Waals surface area contributed by atoms with Gasteiger partial charge in [-0.3, -0.25) is 9.89 Å². The summed E-state index contributed by atoms with van der Waals surface area (Å²) >= 11 is 0. The van der Waals surface area contributed by atoms with Crippen LogP contribution in [0.1, 0.15) is 59.2 Å². The van der Waals surface area contributed by atoms with E-state index in [0.29, 0.717) is 11.4 Å². The highest BCUT2D eigenvalue weighted by Crippen LogP contribution is 2.38. The molecule has 156 valence electrons. The number of halogens is 1. The van der Waals surface area contributed by atoms with E-state index in [4.69, 9.17) is 0 Å². The Bertz CT molecular complexity index is 770. The Labute approximate surface area is 167 Å². The summed E-state index contributed by atoms with van der Waals surface area (Å²) in [7, 11) is 1.55. The van der Waals surface area contributed by atoms with E-state index in [1.165, 1.54) is 6.07 Å². The fraction of sp³-hybridized carbons (Fsp3) is 0.571. The number of carbonyl (C=O) groups excluding carboxylic acids is 1. The first-order valence-electron chi connectivity index (χ1n) is 10.1. The lowest BCUT2D eigenvalue weighted by atomic mass is 9.76. The van der Waals surface area contributed by atoms with Gasteiger partial charge in [-0.25, -0.2) is 4.98 Å². The Balaban J connectivity index is 0.000000921. The van der Waals surface area contributed by atoms with Crippen molar-refractivity contribution in [2.45, 2.75) is 60.8 Å². The van der Waals surface area contributed by atoms with Gasteiger partial charge in [0.2, 0.25) is 11.9 Å². The molecule has 0 radical (unpaired) electrons. The SMILES string of the molecule is CC.CC.CNC(=O)CNc1cc(-c2n[nH]c3c2CCC(C)(C)C3)cc(F)n1. The van der Waals surface area contributed by atoms with E-state index in [2.05, 4.69) is 39.7 Å². The largest absolute Gasteiger partial charge is 0.361 e. The number of rotatable bonds is 4. The summed E-state index contributed by atoms with van der Waals surface area (Å²) in [6.07, 6.45) is 2.92. The molecule has 0 spiro atoms. The molecule has 3 rings (SSSR count). The van der Waals surface area contributed by atoms with Gasteiger partial charge >= 0.3 is 0 Å². The van der Waals surface area contributed by atoms with Crippen LogP contribution in [0.2, 0.25) is 0 Å². The van der Waals surface area contributed by atoms with Crippen LogP contribution in [0.25, 0.3) is 11.3 Å². The number of H-pyrrole nitrogens is 1. The minimum atomic E-state index is -0.597. The topological polar surface area (TPSA) is 82.7 Å². The molecule has 28 heavy (non-hydrogen) atoms. The van der Waals surface area contributed by atoms with Crippen LogP contribution in [-0.4, -0.2) is 34.7 Å². The van der Waals surface area contributed by atoms with Gasteiger partial charge in [0.25, 0.3) is 0 Å². The monoisotopic (exact) mass is 391 g/mol. The highest BCUT2D eigenvalue weighted by Gasteiger charge is 2.29. The fourth-order valence-corrected chi connectivity index (χ4v) is 3.07. The minimum absolute atomic E-state index is 0.0409. The van der Waals surface area contributed by atoms with Crippen LogP contribution in [0, 0.1) is 11.4 Å². The normalized spacial score (nSPS) is 13.9. The van der Waals surface area contributed by atoms with Gasteiger partial charge < -0.3 is 10.6 Å². The van der Waals surface area contributed by atoms with Gasteiger partial charge in [-0.15, -0.1) is 0 Å². The zero-order chi connectivity index (χ0) is 21.3. The molecule has 0 aliphatic heterocycles. The average molecular weight is 392 g/mol. The Morgan fingerprint density at radius 1 is 1.25 bits per heavy atom. The minimum Gasteiger partial charge on any atom is -0.361 e. The highest BCUT2D eigenvalue weighted by atomic mass is 19.1. The van der Waals surface area contributed by atoms with Crippen LogP contribution in [0.5, 0.6) is 0 Å². The summed E-state index contributed by atoms with van der Waals surface area (Å²) in [5.74, 6) is -0.469. The van der Waals surface area contributed by atoms with Gasteiger partial charge in [-0.2, -0.15) is 9.49 Å². The van der Waals surface area contributed by atoms with Gasteiger partial charge in [0.15, 0.2) is 0 Å². The van der Waals surface area contributed by atoms with Gasteiger partial charge in [-0.05, 0) is 30.7 Å². The highest BCUT2D eigenvalue weighted by molar-refractivity contribution is 5.80. The van der Waals surface area contributed by atoms with Crippen molar-refractivity contribution in [1.82, 2.24) is 20.5 Å². The van der Waals surface area contributed by atoms with E-state index < -0.39 is 5.95 Å². The summed E-state index contributed by atoms with van der Waals surface area (Å²) in [6, 6.07) is 3.10. The number of hydrogen-bond acceptors (Lipinski definition) is 4. The van der Waals surface area contributed by atoms with Gasteiger partial charge in [0.1, 0.15) is 5.82 Å². The molecule has 2 heterocycles. The molecular weight excluding hydrogens is 357 g/mol. The van der Waals surface area contributed by atoms with Crippen molar-refractivity contribution in [3.63, 3.8) is 0 Å². The predicted octanol–water partition coefficient (Wildman–Crippen LogP) is 4.34. The van der Waals surface area contributed by atoms with Crippen molar-refractivity contribution in [2.75, 3.05) is 18.9 Å². The number of pyridine rings is 1. The van der Waals surface area contributed by atoms with Crippen molar-refractivity contribution >= 4 is 11.7 Å². The third kappa shape index (κ3) is 6.04. The van der Waals surface area contributed by atoms with Crippen molar-refractivity contribution in [3.8, 4) is 11.3 Å². The van der Waals surface area contributed by atoms with E-state index in [9.17, 15) is 9.18 Å². The van der Waals surface area contributed by atoms with Crippen LogP contribution in [-0.2, 0) is 17.6 Å². The summed E-state index contributed by atoms with van der Waals surface area (Å²) in [5, 5.41) is 12.8. The van der Waals surface area contributed by atoms with Gasteiger partial charge in [0.05, 0.1) is 12.2 Å². The molecule has 1 aliphatic rings. The van der Waals surface area contributed by atoms with Crippen LogP contribution in [0.4, 0.5) is 10.2 Å². The average Bonchev–Trinajstić information content (AvgIpc) is 3.10. The van der Waals surface area contributed by atoms with Gasteiger partial charge in [0, 0.05) is 29.9 Å². The van der Waals surface area contributed by atoms with E-state index in [0.717, 1.165) is 36.2 Å². The molecule has 0 saturated heterocycles. The first-order valence-corrected chi connectivity index (χ1v) is 10.1. The summed E-state index contributed by atoms with van der Waals surface area (Å²) < 4.78 is 13.9. The number of carbonyl (C=O) groups is 1. The summed E-state index contributed by atoms with van der Waals surface area (Å²) in [4.78, 5) is 15.1. The molecule has 0 bridgehead atoms.